The summed E-state index contributed by atoms with van der Waals surface area (Å²) in [5, 5.41) is 3.39. The van der Waals surface area contributed by atoms with Gasteiger partial charge in [0.15, 0.2) is 0 Å². The molecule has 0 saturated carbocycles. The van der Waals surface area contributed by atoms with Gasteiger partial charge in [0, 0.05) is 19.1 Å². The fraction of sp³-hybridized carbons (Fsp3) is 0.800. The van der Waals surface area contributed by atoms with E-state index >= 15 is 0 Å². The van der Waals surface area contributed by atoms with Gasteiger partial charge in [-0.05, 0) is 38.0 Å². The van der Waals surface area contributed by atoms with Crippen molar-refractivity contribution in [1.82, 2.24) is 10.2 Å². The number of amides is 1. The van der Waals surface area contributed by atoms with Crippen molar-refractivity contribution in [2.45, 2.75) is 58.0 Å². The fourth-order valence-electron chi connectivity index (χ4n) is 3.01. The summed E-state index contributed by atoms with van der Waals surface area (Å²) in [6.07, 6.45) is 10.2. The Bertz CT molecular complexity index is 312. The minimum absolute atomic E-state index is 0.0536. The number of carbonyl (C=O) groups excluding carboxylic acids is 1. The average Bonchev–Trinajstić information content (AvgIpc) is 2.35. The first-order chi connectivity index (χ1) is 8.66. The van der Waals surface area contributed by atoms with Gasteiger partial charge in [-0.25, -0.2) is 0 Å². The maximum atomic E-state index is 12.4. The summed E-state index contributed by atoms with van der Waals surface area (Å²) >= 11 is 0. The van der Waals surface area contributed by atoms with E-state index in [1.807, 2.05) is 0 Å². The smallest absolute Gasteiger partial charge is 0.239 e. The Morgan fingerprint density at radius 3 is 2.89 bits per heavy atom. The normalized spacial score (nSPS) is 29.1. The van der Waals surface area contributed by atoms with Crippen LogP contribution in [-0.4, -0.2) is 36.0 Å². The van der Waals surface area contributed by atoms with Crippen molar-refractivity contribution < 1.29 is 4.79 Å². The van der Waals surface area contributed by atoms with Crippen LogP contribution in [0, 0.1) is 5.92 Å². The van der Waals surface area contributed by atoms with Crippen molar-refractivity contribution in [2.24, 2.45) is 5.92 Å². The summed E-state index contributed by atoms with van der Waals surface area (Å²) in [6.45, 7) is 6.13. The Labute approximate surface area is 111 Å². The van der Waals surface area contributed by atoms with Crippen molar-refractivity contribution in [1.29, 1.82) is 0 Å². The molecular weight excluding hydrogens is 224 g/mol. The molecule has 3 heteroatoms. The van der Waals surface area contributed by atoms with Crippen LogP contribution in [0.5, 0.6) is 0 Å². The van der Waals surface area contributed by atoms with Gasteiger partial charge in [-0.1, -0.05) is 26.0 Å². The second kappa shape index (κ2) is 6.37. The zero-order chi connectivity index (χ0) is 13.0. The van der Waals surface area contributed by atoms with Gasteiger partial charge in [0.2, 0.25) is 5.91 Å². The molecule has 2 atom stereocenters. The number of carbonyl (C=O) groups is 1. The Balaban J connectivity index is 1.87. The molecule has 0 aromatic carbocycles. The molecule has 2 rings (SSSR count). The van der Waals surface area contributed by atoms with Crippen LogP contribution in [0.15, 0.2) is 12.2 Å². The first-order valence-corrected chi connectivity index (χ1v) is 7.36. The number of nitrogens with one attached hydrogen (secondary N) is 1. The molecule has 2 aliphatic rings. The third kappa shape index (κ3) is 3.58. The Hall–Kier alpha value is -0.830. The van der Waals surface area contributed by atoms with Crippen LogP contribution in [0.25, 0.3) is 0 Å². The standard InChI is InChI=1S/C15H26N2O/c1-12(2)16-14-9-6-10-17(15(14)18)11-13-7-4-3-5-8-13/h3-4,12-14,16H,5-11H2,1-2H3. The van der Waals surface area contributed by atoms with Crippen molar-refractivity contribution in [3.63, 3.8) is 0 Å². The van der Waals surface area contributed by atoms with Crippen LogP contribution in [0.3, 0.4) is 0 Å². The van der Waals surface area contributed by atoms with Crippen LogP contribution in [-0.2, 0) is 4.79 Å². The van der Waals surface area contributed by atoms with E-state index in [0.717, 1.165) is 32.4 Å². The molecule has 1 N–H and O–H groups in total. The third-order valence-corrected chi connectivity index (χ3v) is 3.92. The van der Waals surface area contributed by atoms with E-state index in [2.05, 4.69) is 36.2 Å². The Morgan fingerprint density at radius 1 is 1.39 bits per heavy atom. The van der Waals surface area contributed by atoms with Gasteiger partial charge in [0.1, 0.15) is 0 Å². The average molecular weight is 250 g/mol. The number of piperidine rings is 1. The highest BCUT2D eigenvalue weighted by atomic mass is 16.2. The molecule has 1 aliphatic carbocycles. The number of rotatable bonds is 4. The highest BCUT2D eigenvalue weighted by Gasteiger charge is 2.30. The van der Waals surface area contributed by atoms with Gasteiger partial charge >= 0.3 is 0 Å². The number of likely N-dealkylation sites (tertiary alicyclic amines) is 1. The second-order valence-corrected chi connectivity index (χ2v) is 5.95. The summed E-state index contributed by atoms with van der Waals surface area (Å²) < 4.78 is 0. The SMILES string of the molecule is CC(C)NC1CCCN(CC2CC=CCC2)C1=O. The van der Waals surface area contributed by atoms with Crippen LogP contribution in [0.2, 0.25) is 0 Å². The van der Waals surface area contributed by atoms with Crippen molar-refractivity contribution in [2.75, 3.05) is 13.1 Å². The van der Waals surface area contributed by atoms with E-state index in [9.17, 15) is 4.79 Å². The molecule has 2 unspecified atom stereocenters. The minimum atomic E-state index is 0.0536. The fourth-order valence-corrected chi connectivity index (χ4v) is 3.01. The molecule has 1 amide bonds. The molecule has 0 spiro atoms. The first-order valence-electron chi connectivity index (χ1n) is 7.36. The molecule has 3 nitrogen and oxygen atoms in total. The van der Waals surface area contributed by atoms with Gasteiger partial charge in [0.05, 0.1) is 6.04 Å². The molecule has 1 saturated heterocycles. The van der Waals surface area contributed by atoms with Crippen molar-refractivity contribution >= 4 is 5.91 Å². The molecule has 1 fully saturated rings. The lowest BCUT2D eigenvalue weighted by atomic mass is 9.92. The minimum Gasteiger partial charge on any atom is -0.341 e. The van der Waals surface area contributed by atoms with E-state index in [1.165, 1.54) is 12.8 Å². The summed E-state index contributed by atoms with van der Waals surface area (Å²) in [7, 11) is 0. The van der Waals surface area contributed by atoms with E-state index < -0.39 is 0 Å². The van der Waals surface area contributed by atoms with Gasteiger partial charge in [-0.2, -0.15) is 0 Å². The summed E-state index contributed by atoms with van der Waals surface area (Å²) in [5.41, 5.74) is 0. The zero-order valence-corrected chi connectivity index (χ0v) is 11.7. The third-order valence-electron chi connectivity index (χ3n) is 3.92. The molecule has 18 heavy (non-hydrogen) atoms. The number of hydrogen-bond acceptors (Lipinski definition) is 2. The molecule has 1 heterocycles. The molecule has 0 radical (unpaired) electrons. The Kier molecular flexibility index (Phi) is 4.81. The quantitative estimate of drug-likeness (QED) is 0.777. The van der Waals surface area contributed by atoms with E-state index in [1.54, 1.807) is 0 Å². The lowest BCUT2D eigenvalue weighted by Crippen LogP contribution is -2.53. The van der Waals surface area contributed by atoms with Gasteiger partial charge in [-0.3, -0.25) is 4.79 Å². The molecule has 0 aromatic heterocycles. The van der Waals surface area contributed by atoms with Crippen molar-refractivity contribution in [3.8, 4) is 0 Å². The predicted octanol–water partition coefficient (Wildman–Crippen LogP) is 2.33. The van der Waals surface area contributed by atoms with Gasteiger partial charge in [-0.15, -0.1) is 0 Å². The summed E-state index contributed by atoms with van der Waals surface area (Å²) in [4.78, 5) is 14.5. The maximum absolute atomic E-state index is 12.4. The largest absolute Gasteiger partial charge is 0.341 e. The molecular formula is C15H26N2O. The lowest BCUT2D eigenvalue weighted by molar-refractivity contribution is -0.136. The highest BCUT2D eigenvalue weighted by Crippen LogP contribution is 2.22. The molecule has 1 aliphatic heterocycles. The number of allylic oxidation sites excluding steroid dienone is 2. The zero-order valence-electron chi connectivity index (χ0n) is 11.7. The van der Waals surface area contributed by atoms with Crippen LogP contribution in [0.1, 0.15) is 46.0 Å². The molecule has 0 aromatic rings. The number of nitrogens with zero attached hydrogens (tertiary/aromatic N) is 1. The molecule has 102 valence electrons. The first kappa shape index (κ1) is 13.6. The highest BCUT2D eigenvalue weighted by molar-refractivity contribution is 5.82. The lowest BCUT2D eigenvalue weighted by Gasteiger charge is -2.36. The second-order valence-electron chi connectivity index (χ2n) is 5.95. The summed E-state index contributed by atoms with van der Waals surface area (Å²) in [6, 6.07) is 0.439. The topological polar surface area (TPSA) is 32.3 Å². The van der Waals surface area contributed by atoms with Gasteiger partial charge in [0.25, 0.3) is 0 Å². The monoisotopic (exact) mass is 250 g/mol. The predicted molar refractivity (Wildman–Crippen MR) is 74.4 cm³/mol. The van der Waals surface area contributed by atoms with Crippen LogP contribution in [0.4, 0.5) is 0 Å². The number of hydrogen-bond donors (Lipinski definition) is 1. The van der Waals surface area contributed by atoms with E-state index in [0.29, 0.717) is 17.9 Å². The van der Waals surface area contributed by atoms with Gasteiger partial charge < -0.3 is 10.2 Å². The van der Waals surface area contributed by atoms with E-state index in [4.69, 9.17) is 0 Å². The molecule has 0 bridgehead atoms. The van der Waals surface area contributed by atoms with Crippen LogP contribution < -0.4 is 5.32 Å². The van der Waals surface area contributed by atoms with Crippen LogP contribution >= 0.6 is 0 Å². The van der Waals surface area contributed by atoms with Crippen molar-refractivity contribution in [3.05, 3.63) is 12.2 Å². The van der Waals surface area contributed by atoms with E-state index in [-0.39, 0.29) is 6.04 Å². The summed E-state index contributed by atoms with van der Waals surface area (Å²) in [5.74, 6) is 1.00. The Morgan fingerprint density at radius 2 is 2.22 bits per heavy atom. The maximum Gasteiger partial charge on any atom is 0.239 e.